The molecular formula is C23H20FN3O3S. The number of aryl methyl sites for hydroxylation is 1. The molecule has 6 nitrogen and oxygen atoms in total. The maximum atomic E-state index is 13.4. The highest BCUT2D eigenvalue weighted by atomic mass is 32.2. The van der Waals surface area contributed by atoms with Crippen LogP contribution in [-0.2, 0) is 23.1 Å². The van der Waals surface area contributed by atoms with E-state index >= 15 is 0 Å². The number of hydrogen-bond acceptors (Lipinski definition) is 4. The van der Waals surface area contributed by atoms with Gasteiger partial charge in [0.25, 0.3) is 5.56 Å². The number of rotatable bonds is 6. The molecule has 0 bridgehead atoms. The third-order valence-corrected chi connectivity index (χ3v) is 6.76. The van der Waals surface area contributed by atoms with Crippen molar-refractivity contribution in [2.45, 2.75) is 24.9 Å². The van der Waals surface area contributed by atoms with Crippen LogP contribution in [0.2, 0.25) is 0 Å². The van der Waals surface area contributed by atoms with E-state index in [0.717, 1.165) is 23.1 Å². The Morgan fingerprint density at radius 2 is 1.81 bits per heavy atom. The van der Waals surface area contributed by atoms with E-state index in [2.05, 4.69) is 9.97 Å². The Labute approximate surface area is 179 Å². The third-order valence-electron chi connectivity index (χ3n) is 4.96. The minimum Gasteiger partial charge on any atom is -0.322 e. The zero-order valence-electron chi connectivity index (χ0n) is 16.7. The van der Waals surface area contributed by atoms with Gasteiger partial charge in [0.2, 0.25) is 10.0 Å². The number of hydrogen-bond donors (Lipinski definition) is 1. The Bertz CT molecular complexity index is 1390. The van der Waals surface area contributed by atoms with Gasteiger partial charge in [0.1, 0.15) is 5.82 Å². The largest absolute Gasteiger partial charge is 0.322 e. The lowest BCUT2D eigenvalue weighted by Gasteiger charge is -2.22. The first-order chi connectivity index (χ1) is 14.8. The van der Waals surface area contributed by atoms with E-state index in [4.69, 9.17) is 0 Å². The van der Waals surface area contributed by atoms with Crippen LogP contribution in [-0.4, -0.2) is 22.7 Å². The van der Waals surface area contributed by atoms with E-state index in [1.165, 1.54) is 16.4 Å². The van der Waals surface area contributed by atoms with Gasteiger partial charge in [-0.2, -0.15) is 4.31 Å². The molecule has 31 heavy (non-hydrogen) atoms. The van der Waals surface area contributed by atoms with Gasteiger partial charge in [0.15, 0.2) is 0 Å². The number of aromatic amines is 1. The van der Waals surface area contributed by atoms with Crippen molar-refractivity contribution < 1.29 is 12.8 Å². The molecule has 8 heteroatoms. The lowest BCUT2D eigenvalue weighted by atomic mass is 10.1. The number of nitrogens with one attached hydrogen (secondary N) is 1. The number of sulfonamides is 1. The summed E-state index contributed by atoms with van der Waals surface area (Å²) in [6, 6.07) is 15.4. The van der Waals surface area contributed by atoms with Crippen LogP contribution in [0.5, 0.6) is 0 Å². The zero-order chi connectivity index (χ0) is 22.0. The van der Waals surface area contributed by atoms with Crippen LogP contribution in [0, 0.1) is 12.7 Å². The van der Waals surface area contributed by atoms with E-state index in [1.54, 1.807) is 30.6 Å². The first-order valence-corrected chi connectivity index (χ1v) is 11.0. The molecule has 4 rings (SSSR count). The van der Waals surface area contributed by atoms with Gasteiger partial charge in [0.05, 0.1) is 4.90 Å². The van der Waals surface area contributed by atoms with Gasteiger partial charge in [-0.15, -0.1) is 0 Å². The number of benzene rings is 2. The number of pyridine rings is 2. The fourth-order valence-corrected chi connectivity index (χ4v) is 4.76. The van der Waals surface area contributed by atoms with Crippen LogP contribution in [0.15, 0.2) is 82.7 Å². The van der Waals surface area contributed by atoms with Crippen molar-refractivity contribution in [3.05, 3.63) is 106 Å². The molecule has 2 heterocycles. The van der Waals surface area contributed by atoms with Gasteiger partial charge in [-0.05, 0) is 66.4 Å². The SMILES string of the molecule is Cc1ccc2[nH]c(=O)c(CN(Cc3cccnc3)S(=O)(=O)c3ccc(F)cc3)cc2c1. The second-order valence-corrected chi connectivity index (χ2v) is 9.24. The number of halogens is 1. The maximum Gasteiger partial charge on any atom is 0.252 e. The summed E-state index contributed by atoms with van der Waals surface area (Å²) < 4.78 is 41.2. The highest BCUT2D eigenvalue weighted by molar-refractivity contribution is 7.89. The Morgan fingerprint density at radius 3 is 2.52 bits per heavy atom. The number of fused-ring (bicyclic) bond motifs is 1. The first kappa shape index (κ1) is 20.9. The molecule has 0 spiro atoms. The molecule has 0 saturated carbocycles. The van der Waals surface area contributed by atoms with Crippen LogP contribution in [0.3, 0.4) is 0 Å². The second kappa shape index (κ2) is 8.41. The number of aromatic nitrogens is 2. The van der Waals surface area contributed by atoms with Crippen molar-refractivity contribution in [2.24, 2.45) is 0 Å². The van der Waals surface area contributed by atoms with E-state index < -0.39 is 15.8 Å². The second-order valence-electron chi connectivity index (χ2n) is 7.30. The van der Waals surface area contributed by atoms with Gasteiger partial charge >= 0.3 is 0 Å². The maximum absolute atomic E-state index is 13.4. The molecule has 0 fully saturated rings. The Balaban J connectivity index is 1.77. The quantitative estimate of drug-likeness (QED) is 0.498. The molecule has 0 atom stereocenters. The fraction of sp³-hybridized carbons (Fsp3) is 0.130. The highest BCUT2D eigenvalue weighted by Crippen LogP contribution is 2.22. The van der Waals surface area contributed by atoms with Crippen molar-refractivity contribution >= 4 is 20.9 Å². The molecule has 2 aromatic carbocycles. The molecule has 0 amide bonds. The van der Waals surface area contributed by atoms with Crippen molar-refractivity contribution in [3.63, 3.8) is 0 Å². The van der Waals surface area contributed by atoms with E-state index in [9.17, 15) is 17.6 Å². The Hall–Kier alpha value is -3.36. The summed E-state index contributed by atoms with van der Waals surface area (Å²) in [4.78, 5) is 19.5. The van der Waals surface area contributed by atoms with Crippen LogP contribution in [0.25, 0.3) is 10.9 Å². The topological polar surface area (TPSA) is 83.1 Å². The van der Waals surface area contributed by atoms with Gasteiger partial charge in [-0.25, -0.2) is 12.8 Å². The van der Waals surface area contributed by atoms with Gasteiger partial charge in [0, 0.05) is 36.6 Å². The minimum atomic E-state index is -4.01. The number of nitrogens with zero attached hydrogens (tertiary/aromatic N) is 2. The van der Waals surface area contributed by atoms with E-state index in [1.807, 2.05) is 25.1 Å². The van der Waals surface area contributed by atoms with Crippen molar-refractivity contribution in [1.82, 2.24) is 14.3 Å². The Morgan fingerprint density at radius 1 is 1.03 bits per heavy atom. The van der Waals surface area contributed by atoms with Gasteiger partial charge < -0.3 is 4.98 Å². The average Bonchev–Trinajstić information content (AvgIpc) is 2.75. The smallest absolute Gasteiger partial charge is 0.252 e. The summed E-state index contributed by atoms with van der Waals surface area (Å²) in [6.07, 6.45) is 3.17. The molecular weight excluding hydrogens is 417 g/mol. The van der Waals surface area contributed by atoms with Crippen molar-refractivity contribution in [3.8, 4) is 0 Å². The molecule has 0 radical (unpaired) electrons. The van der Waals surface area contributed by atoms with Gasteiger partial charge in [-0.3, -0.25) is 9.78 Å². The van der Waals surface area contributed by atoms with Gasteiger partial charge in [-0.1, -0.05) is 17.7 Å². The van der Waals surface area contributed by atoms with Crippen LogP contribution in [0.4, 0.5) is 4.39 Å². The predicted molar refractivity (Wildman–Crippen MR) is 116 cm³/mol. The molecule has 0 unspecified atom stereocenters. The average molecular weight is 437 g/mol. The molecule has 2 aromatic heterocycles. The fourth-order valence-electron chi connectivity index (χ4n) is 3.36. The lowest BCUT2D eigenvalue weighted by Crippen LogP contribution is -2.32. The van der Waals surface area contributed by atoms with Crippen LogP contribution < -0.4 is 5.56 Å². The summed E-state index contributed by atoms with van der Waals surface area (Å²) >= 11 is 0. The summed E-state index contributed by atoms with van der Waals surface area (Å²) in [5.41, 5.74) is 2.33. The first-order valence-electron chi connectivity index (χ1n) is 9.60. The standard InChI is InChI=1S/C23H20FN3O3S/c1-16-4-9-22-18(11-16)12-19(23(28)26-22)15-27(14-17-3-2-10-25-13-17)31(29,30)21-7-5-20(24)6-8-21/h2-13H,14-15H2,1H3,(H,26,28). The molecule has 158 valence electrons. The summed E-state index contributed by atoms with van der Waals surface area (Å²) in [6.45, 7) is 1.81. The minimum absolute atomic E-state index is 0.0127. The molecule has 0 aliphatic carbocycles. The lowest BCUT2D eigenvalue weighted by molar-refractivity contribution is 0.399. The molecule has 0 aliphatic rings. The summed E-state index contributed by atoms with van der Waals surface area (Å²) in [7, 11) is -4.01. The van der Waals surface area contributed by atoms with Crippen LogP contribution in [0.1, 0.15) is 16.7 Å². The summed E-state index contributed by atoms with van der Waals surface area (Å²) in [5.74, 6) is -0.529. The highest BCUT2D eigenvalue weighted by Gasteiger charge is 2.26. The van der Waals surface area contributed by atoms with Crippen molar-refractivity contribution in [2.75, 3.05) is 0 Å². The third kappa shape index (κ3) is 4.55. The molecule has 1 N–H and O–H groups in total. The number of H-pyrrole nitrogens is 1. The molecule has 4 aromatic rings. The van der Waals surface area contributed by atoms with E-state index in [-0.39, 0.29) is 23.5 Å². The van der Waals surface area contributed by atoms with E-state index in [0.29, 0.717) is 16.6 Å². The zero-order valence-corrected chi connectivity index (χ0v) is 17.6. The predicted octanol–water partition coefficient (Wildman–Crippen LogP) is 3.76. The molecule has 0 saturated heterocycles. The Kier molecular flexibility index (Phi) is 5.67. The molecule has 0 aliphatic heterocycles. The summed E-state index contributed by atoms with van der Waals surface area (Å²) in [5, 5.41) is 0.815. The van der Waals surface area contributed by atoms with Crippen molar-refractivity contribution in [1.29, 1.82) is 0 Å². The monoisotopic (exact) mass is 437 g/mol. The normalized spacial score (nSPS) is 11.8. The van der Waals surface area contributed by atoms with Crippen LogP contribution >= 0.6 is 0 Å².